The van der Waals surface area contributed by atoms with E-state index in [9.17, 15) is 4.79 Å². The summed E-state index contributed by atoms with van der Waals surface area (Å²) in [5.41, 5.74) is 9.02. The van der Waals surface area contributed by atoms with Gasteiger partial charge in [0.05, 0.1) is 6.04 Å². The molecular weight excluding hydrogens is 226 g/mol. The van der Waals surface area contributed by atoms with E-state index in [2.05, 4.69) is 29.4 Å². The third kappa shape index (κ3) is 1.61. The number of fused-ring (bicyclic) bond motifs is 3. The van der Waals surface area contributed by atoms with E-state index < -0.39 is 0 Å². The molecule has 0 aliphatic carbocycles. The number of benzene rings is 1. The molecule has 1 aliphatic heterocycles. The molecule has 2 aromatic rings. The van der Waals surface area contributed by atoms with E-state index in [1.54, 1.807) is 0 Å². The lowest BCUT2D eigenvalue weighted by Gasteiger charge is -2.28. The minimum Gasteiger partial charge on any atom is -0.368 e. The SMILES string of the molecule is CCC1N[C@@H](C(N)=O)Cc2c1[nH]c1ccccc21. The topological polar surface area (TPSA) is 70.9 Å². The quantitative estimate of drug-likeness (QED) is 0.750. The summed E-state index contributed by atoms with van der Waals surface area (Å²) < 4.78 is 0. The average molecular weight is 243 g/mol. The van der Waals surface area contributed by atoms with Crippen LogP contribution in [0.5, 0.6) is 0 Å². The second kappa shape index (κ2) is 4.14. The highest BCUT2D eigenvalue weighted by atomic mass is 16.1. The fourth-order valence-corrected chi connectivity index (χ4v) is 2.83. The number of hydrogen-bond donors (Lipinski definition) is 3. The summed E-state index contributed by atoms with van der Waals surface area (Å²) in [4.78, 5) is 14.9. The largest absolute Gasteiger partial charge is 0.368 e. The summed E-state index contributed by atoms with van der Waals surface area (Å²) in [5.74, 6) is -0.274. The van der Waals surface area contributed by atoms with E-state index in [-0.39, 0.29) is 18.0 Å². The molecule has 3 rings (SSSR count). The third-order valence-corrected chi connectivity index (χ3v) is 3.76. The predicted molar refractivity (Wildman–Crippen MR) is 71.2 cm³/mol. The summed E-state index contributed by atoms with van der Waals surface area (Å²) in [5, 5.41) is 4.52. The number of carbonyl (C=O) groups is 1. The van der Waals surface area contributed by atoms with Crippen molar-refractivity contribution in [3.63, 3.8) is 0 Å². The molecule has 0 radical (unpaired) electrons. The van der Waals surface area contributed by atoms with Crippen molar-refractivity contribution in [3.05, 3.63) is 35.5 Å². The lowest BCUT2D eigenvalue weighted by molar-refractivity contribution is -0.120. The highest BCUT2D eigenvalue weighted by molar-refractivity contribution is 5.87. The Labute approximate surface area is 106 Å². The zero-order valence-electron chi connectivity index (χ0n) is 10.4. The maximum atomic E-state index is 11.4. The zero-order valence-corrected chi connectivity index (χ0v) is 10.4. The Balaban J connectivity index is 2.15. The standard InChI is InChI=1S/C14H17N3O/c1-2-10-13-9(7-12(16-10)14(15)18)8-5-3-4-6-11(8)17-13/h3-6,10,12,16-17H,2,7H2,1H3,(H2,15,18)/t10?,12-/m1/s1. The summed E-state index contributed by atoms with van der Waals surface area (Å²) in [6, 6.07) is 8.13. The third-order valence-electron chi connectivity index (χ3n) is 3.76. The zero-order chi connectivity index (χ0) is 12.7. The molecule has 1 aromatic carbocycles. The van der Waals surface area contributed by atoms with Gasteiger partial charge in [-0.25, -0.2) is 0 Å². The van der Waals surface area contributed by atoms with E-state index in [1.807, 2.05) is 12.1 Å². The fraction of sp³-hybridized carbons (Fsp3) is 0.357. The van der Waals surface area contributed by atoms with E-state index in [4.69, 9.17) is 5.73 Å². The van der Waals surface area contributed by atoms with Crippen LogP contribution in [0, 0.1) is 0 Å². The van der Waals surface area contributed by atoms with Gasteiger partial charge in [0.25, 0.3) is 0 Å². The molecule has 4 nitrogen and oxygen atoms in total. The Morgan fingerprint density at radius 1 is 1.44 bits per heavy atom. The van der Waals surface area contributed by atoms with Crippen molar-refractivity contribution in [1.82, 2.24) is 10.3 Å². The van der Waals surface area contributed by atoms with Crippen LogP contribution in [0.3, 0.4) is 0 Å². The predicted octanol–water partition coefficient (Wildman–Crippen LogP) is 1.62. The van der Waals surface area contributed by atoms with Gasteiger partial charge in [-0.1, -0.05) is 25.1 Å². The Hall–Kier alpha value is -1.81. The molecular formula is C14H17N3O. The molecule has 94 valence electrons. The Morgan fingerprint density at radius 3 is 2.94 bits per heavy atom. The van der Waals surface area contributed by atoms with Crippen molar-refractivity contribution < 1.29 is 4.79 Å². The second-order valence-electron chi connectivity index (χ2n) is 4.85. The van der Waals surface area contributed by atoms with Gasteiger partial charge in [-0.3, -0.25) is 10.1 Å². The minimum absolute atomic E-state index is 0.179. The highest BCUT2D eigenvalue weighted by Gasteiger charge is 2.30. The monoisotopic (exact) mass is 243 g/mol. The van der Waals surface area contributed by atoms with Crippen molar-refractivity contribution in [2.75, 3.05) is 0 Å². The highest BCUT2D eigenvalue weighted by Crippen LogP contribution is 2.32. The normalized spacial score (nSPS) is 22.9. The molecule has 1 amide bonds. The van der Waals surface area contributed by atoms with Crippen LogP contribution >= 0.6 is 0 Å². The number of hydrogen-bond acceptors (Lipinski definition) is 2. The number of nitrogens with one attached hydrogen (secondary N) is 2. The smallest absolute Gasteiger partial charge is 0.234 e. The molecule has 1 unspecified atom stereocenters. The number of aromatic nitrogens is 1. The second-order valence-corrected chi connectivity index (χ2v) is 4.85. The van der Waals surface area contributed by atoms with Gasteiger partial charge < -0.3 is 10.7 Å². The van der Waals surface area contributed by atoms with Gasteiger partial charge in [0.2, 0.25) is 5.91 Å². The number of para-hydroxylation sites is 1. The lowest BCUT2D eigenvalue weighted by Crippen LogP contribution is -2.47. The lowest BCUT2D eigenvalue weighted by atomic mass is 9.92. The van der Waals surface area contributed by atoms with Crippen LogP contribution < -0.4 is 11.1 Å². The molecule has 4 heteroatoms. The molecule has 0 saturated heterocycles. The first-order chi connectivity index (χ1) is 8.70. The molecule has 0 saturated carbocycles. The number of carbonyl (C=O) groups excluding carboxylic acids is 1. The fourth-order valence-electron chi connectivity index (χ4n) is 2.83. The Morgan fingerprint density at radius 2 is 2.22 bits per heavy atom. The number of aromatic amines is 1. The number of primary amides is 1. The minimum atomic E-state index is -0.274. The van der Waals surface area contributed by atoms with E-state index in [0.717, 1.165) is 11.9 Å². The summed E-state index contributed by atoms with van der Waals surface area (Å²) >= 11 is 0. The first-order valence-corrected chi connectivity index (χ1v) is 6.35. The van der Waals surface area contributed by atoms with E-state index in [1.165, 1.54) is 16.6 Å². The summed E-state index contributed by atoms with van der Waals surface area (Å²) in [6.45, 7) is 2.11. The maximum absolute atomic E-state index is 11.4. The van der Waals surface area contributed by atoms with Crippen LogP contribution in [0.4, 0.5) is 0 Å². The molecule has 4 N–H and O–H groups in total. The van der Waals surface area contributed by atoms with Crippen LogP contribution in [-0.2, 0) is 11.2 Å². The van der Waals surface area contributed by atoms with Crippen molar-refractivity contribution in [1.29, 1.82) is 0 Å². The van der Waals surface area contributed by atoms with Crippen molar-refractivity contribution in [2.45, 2.75) is 31.8 Å². The van der Waals surface area contributed by atoms with Gasteiger partial charge in [-0.2, -0.15) is 0 Å². The Bertz CT molecular complexity index is 602. The van der Waals surface area contributed by atoms with Crippen LogP contribution in [0.15, 0.2) is 24.3 Å². The van der Waals surface area contributed by atoms with Gasteiger partial charge in [-0.15, -0.1) is 0 Å². The van der Waals surface area contributed by atoms with Gasteiger partial charge in [-0.05, 0) is 24.5 Å². The van der Waals surface area contributed by atoms with Crippen LogP contribution in [0.2, 0.25) is 0 Å². The van der Waals surface area contributed by atoms with Crippen molar-refractivity contribution in [2.24, 2.45) is 5.73 Å². The number of amides is 1. The average Bonchev–Trinajstić information content (AvgIpc) is 2.76. The molecule has 2 atom stereocenters. The van der Waals surface area contributed by atoms with E-state index in [0.29, 0.717) is 6.42 Å². The van der Waals surface area contributed by atoms with Gasteiger partial charge in [0, 0.05) is 22.6 Å². The first kappa shape index (κ1) is 11.3. The van der Waals surface area contributed by atoms with Gasteiger partial charge in [0.15, 0.2) is 0 Å². The summed E-state index contributed by atoms with van der Waals surface area (Å²) in [6.07, 6.45) is 1.61. The van der Waals surface area contributed by atoms with Gasteiger partial charge in [0.1, 0.15) is 0 Å². The molecule has 0 spiro atoms. The number of rotatable bonds is 2. The molecule has 0 bridgehead atoms. The van der Waals surface area contributed by atoms with E-state index >= 15 is 0 Å². The molecule has 18 heavy (non-hydrogen) atoms. The van der Waals surface area contributed by atoms with Gasteiger partial charge >= 0.3 is 0 Å². The van der Waals surface area contributed by atoms with Crippen LogP contribution in [0.1, 0.15) is 30.6 Å². The molecule has 0 fully saturated rings. The van der Waals surface area contributed by atoms with Crippen LogP contribution in [-0.4, -0.2) is 16.9 Å². The first-order valence-electron chi connectivity index (χ1n) is 6.35. The number of nitrogens with two attached hydrogens (primary N) is 1. The number of H-pyrrole nitrogens is 1. The molecule has 2 heterocycles. The summed E-state index contributed by atoms with van der Waals surface area (Å²) in [7, 11) is 0. The van der Waals surface area contributed by atoms with Crippen molar-refractivity contribution >= 4 is 16.8 Å². The Kier molecular flexibility index (Phi) is 2.59. The van der Waals surface area contributed by atoms with Crippen molar-refractivity contribution in [3.8, 4) is 0 Å². The molecule has 1 aromatic heterocycles. The van der Waals surface area contributed by atoms with Crippen LogP contribution in [0.25, 0.3) is 10.9 Å². The maximum Gasteiger partial charge on any atom is 0.234 e. The molecule has 1 aliphatic rings.